The summed E-state index contributed by atoms with van der Waals surface area (Å²) in [6.07, 6.45) is 15.9. The van der Waals surface area contributed by atoms with Gasteiger partial charge in [-0.2, -0.15) is 0 Å². The minimum Gasteiger partial charge on any atom is -0.550 e. The summed E-state index contributed by atoms with van der Waals surface area (Å²) in [6.45, 7) is 2.21. The van der Waals surface area contributed by atoms with Crippen LogP contribution >= 0.6 is 0 Å². The van der Waals surface area contributed by atoms with Crippen molar-refractivity contribution in [3.8, 4) is 0 Å². The van der Waals surface area contributed by atoms with Crippen molar-refractivity contribution in [2.45, 2.75) is 109 Å². The Balaban J connectivity index is 0. The number of rotatable bonds is 16. The predicted octanol–water partition coefficient (Wildman–Crippen LogP) is 0.973. The van der Waals surface area contributed by atoms with Crippen LogP contribution in [-0.2, 0) is 4.79 Å². The van der Waals surface area contributed by atoms with Crippen LogP contribution in [0.3, 0.4) is 0 Å². The van der Waals surface area contributed by atoms with Gasteiger partial charge in [0.1, 0.15) is 0 Å². The van der Waals surface area contributed by atoms with Gasteiger partial charge in [0.2, 0.25) is 0 Å². The van der Waals surface area contributed by atoms with Gasteiger partial charge in [0.25, 0.3) is 0 Å². The number of carbonyl (C=O) groups excluding carboxylic acids is 1. The number of aliphatic carboxylic acids is 1. The van der Waals surface area contributed by atoms with Crippen LogP contribution in [0.25, 0.3) is 0 Å². The van der Waals surface area contributed by atoms with Gasteiger partial charge in [-0.05, 0) is 25.7 Å². The Morgan fingerprint density at radius 2 is 1.23 bits per heavy atom. The molecule has 0 aromatic carbocycles. The van der Waals surface area contributed by atoms with Crippen LogP contribution in [0.15, 0.2) is 0 Å². The summed E-state index contributed by atoms with van der Waals surface area (Å²) < 4.78 is 0. The van der Waals surface area contributed by atoms with Gasteiger partial charge in [-0.15, -0.1) is 0 Å². The van der Waals surface area contributed by atoms with Crippen molar-refractivity contribution in [3.63, 3.8) is 0 Å². The smallest absolute Gasteiger partial charge is 0.550 e. The van der Waals surface area contributed by atoms with Gasteiger partial charge in [-0.3, -0.25) is 0 Å². The molecular formula is C18H35KO3. The third-order valence-electron chi connectivity index (χ3n) is 4.06. The van der Waals surface area contributed by atoms with Gasteiger partial charge in [0, 0.05) is 5.97 Å². The molecule has 3 nitrogen and oxygen atoms in total. The van der Waals surface area contributed by atoms with Crippen molar-refractivity contribution in [3.05, 3.63) is 0 Å². The Morgan fingerprint density at radius 3 is 1.68 bits per heavy atom. The van der Waals surface area contributed by atoms with E-state index in [0.717, 1.165) is 38.5 Å². The Morgan fingerprint density at radius 1 is 0.818 bits per heavy atom. The number of aliphatic hydroxyl groups is 1. The summed E-state index contributed by atoms with van der Waals surface area (Å²) in [7, 11) is 0. The number of hydrogen-bond donors (Lipinski definition) is 1. The molecule has 0 amide bonds. The zero-order valence-corrected chi connectivity index (χ0v) is 18.1. The normalized spacial score (nSPS) is 11.9. The molecular weight excluding hydrogens is 303 g/mol. The van der Waals surface area contributed by atoms with E-state index in [1.165, 1.54) is 51.4 Å². The molecule has 1 N–H and O–H groups in total. The SMILES string of the molecule is CCCCCC[C@H](O)CCCCCCCCCCC(=O)[O-].[K+]. The fourth-order valence-electron chi connectivity index (χ4n) is 2.66. The molecule has 0 aliphatic rings. The molecule has 0 radical (unpaired) electrons. The minimum absolute atomic E-state index is 0. The van der Waals surface area contributed by atoms with Gasteiger partial charge in [-0.1, -0.05) is 77.6 Å². The summed E-state index contributed by atoms with van der Waals surface area (Å²) in [5.74, 6) is -0.928. The molecule has 0 aliphatic carbocycles. The van der Waals surface area contributed by atoms with Crippen LogP contribution in [0.2, 0.25) is 0 Å². The average molecular weight is 339 g/mol. The van der Waals surface area contributed by atoms with Gasteiger partial charge in [0.05, 0.1) is 6.10 Å². The third-order valence-corrected chi connectivity index (χ3v) is 4.06. The summed E-state index contributed by atoms with van der Waals surface area (Å²) in [5, 5.41) is 20.1. The number of hydrogen-bond acceptors (Lipinski definition) is 3. The molecule has 0 saturated heterocycles. The first-order valence-corrected chi connectivity index (χ1v) is 9.04. The maximum Gasteiger partial charge on any atom is 1.00 e. The molecule has 0 heterocycles. The first-order chi connectivity index (χ1) is 10.2. The topological polar surface area (TPSA) is 60.4 Å². The second-order valence-corrected chi connectivity index (χ2v) is 6.24. The molecule has 0 unspecified atom stereocenters. The fourth-order valence-corrected chi connectivity index (χ4v) is 2.66. The summed E-state index contributed by atoms with van der Waals surface area (Å²) in [6, 6.07) is 0. The molecule has 0 fully saturated rings. The summed E-state index contributed by atoms with van der Waals surface area (Å²) in [5.41, 5.74) is 0. The van der Waals surface area contributed by atoms with Crippen LogP contribution < -0.4 is 56.5 Å². The van der Waals surface area contributed by atoms with Gasteiger partial charge in [0.15, 0.2) is 0 Å². The maximum atomic E-state index is 10.2. The van der Waals surface area contributed by atoms with Gasteiger partial charge < -0.3 is 15.0 Å². The van der Waals surface area contributed by atoms with Crippen LogP contribution in [0.1, 0.15) is 103 Å². The zero-order valence-electron chi connectivity index (χ0n) is 14.9. The van der Waals surface area contributed by atoms with Crippen LogP contribution in [0.4, 0.5) is 0 Å². The summed E-state index contributed by atoms with van der Waals surface area (Å²) in [4.78, 5) is 10.2. The Labute approximate surface area is 180 Å². The second-order valence-electron chi connectivity index (χ2n) is 6.24. The van der Waals surface area contributed by atoms with Crippen molar-refractivity contribution in [1.29, 1.82) is 0 Å². The van der Waals surface area contributed by atoms with Crippen molar-refractivity contribution >= 4 is 5.97 Å². The first kappa shape index (κ1) is 25.3. The van der Waals surface area contributed by atoms with E-state index in [0.29, 0.717) is 0 Å². The predicted molar refractivity (Wildman–Crippen MR) is 85.9 cm³/mol. The molecule has 0 aromatic rings. The minimum atomic E-state index is -0.928. The molecule has 0 aliphatic heterocycles. The summed E-state index contributed by atoms with van der Waals surface area (Å²) >= 11 is 0. The van der Waals surface area contributed by atoms with Crippen molar-refractivity contribution in [2.24, 2.45) is 0 Å². The molecule has 0 bridgehead atoms. The largest absolute Gasteiger partial charge is 1.00 e. The van der Waals surface area contributed by atoms with E-state index in [4.69, 9.17) is 0 Å². The van der Waals surface area contributed by atoms with Gasteiger partial charge >= 0.3 is 51.4 Å². The van der Waals surface area contributed by atoms with Gasteiger partial charge in [-0.25, -0.2) is 0 Å². The van der Waals surface area contributed by atoms with Crippen LogP contribution in [0, 0.1) is 0 Å². The molecule has 0 rings (SSSR count). The van der Waals surface area contributed by atoms with E-state index in [-0.39, 0.29) is 63.9 Å². The maximum absolute atomic E-state index is 10.2. The Hall–Kier alpha value is 1.07. The molecule has 0 spiro atoms. The molecule has 0 saturated carbocycles. The molecule has 1 atom stereocenters. The average Bonchev–Trinajstić information content (AvgIpc) is 2.45. The van der Waals surface area contributed by atoms with E-state index in [1.807, 2.05) is 0 Å². The van der Waals surface area contributed by atoms with E-state index in [1.54, 1.807) is 0 Å². The standard InChI is InChI=1S/C18H36O3.K/c1-2-3-4-11-14-17(19)15-12-9-7-5-6-8-10-13-16-18(20)21;/h17,19H,2-16H2,1H3,(H,20,21);/q;+1/p-1/t17-;/m0./s1. The van der Waals surface area contributed by atoms with Crippen molar-refractivity contribution < 1.29 is 66.4 Å². The number of aliphatic hydroxyl groups excluding tert-OH is 1. The second kappa shape index (κ2) is 20.1. The molecule has 0 aromatic heterocycles. The molecule has 126 valence electrons. The monoisotopic (exact) mass is 338 g/mol. The quantitative estimate of drug-likeness (QED) is 0.337. The Kier molecular flexibility index (Phi) is 23.1. The van der Waals surface area contributed by atoms with Crippen LogP contribution in [-0.4, -0.2) is 17.2 Å². The Bertz CT molecular complexity index is 234. The number of carboxylic acids is 1. The first-order valence-electron chi connectivity index (χ1n) is 9.04. The number of carbonyl (C=O) groups is 1. The fraction of sp³-hybridized carbons (Fsp3) is 0.944. The zero-order chi connectivity index (χ0) is 15.8. The van der Waals surface area contributed by atoms with Crippen LogP contribution in [0.5, 0.6) is 0 Å². The van der Waals surface area contributed by atoms with E-state index >= 15 is 0 Å². The number of unbranched alkanes of at least 4 members (excludes halogenated alkanes) is 10. The third kappa shape index (κ3) is 21.1. The van der Waals surface area contributed by atoms with E-state index in [9.17, 15) is 15.0 Å². The van der Waals surface area contributed by atoms with E-state index in [2.05, 4.69) is 6.92 Å². The van der Waals surface area contributed by atoms with E-state index < -0.39 is 5.97 Å². The number of carboxylic acid groups (broad SMARTS) is 1. The molecule has 22 heavy (non-hydrogen) atoms. The van der Waals surface area contributed by atoms with Crippen molar-refractivity contribution in [1.82, 2.24) is 0 Å². The van der Waals surface area contributed by atoms with Crippen molar-refractivity contribution in [2.75, 3.05) is 0 Å². The molecule has 4 heteroatoms.